The lowest BCUT2D eigenvalue weighted by molar-refractivity contribution is 0.0694. The van der Waals surface area contributed by atoms with Crippen molar-refractivity contribution in [3.63, 3.8) is 0 Å². The molecule has 38 heavy (non-hydrogen) atoms. The van der Waals surface area contributed by atoms with Gasteiger partial charge in [0.15, 0.2) is 0 Å². The first-order chi connectivity index (χ1) is 18.3. The minimum Gasteiger partial charge on any atom is -0.496 e. The predicted octanol–water partition coefficient (Wildman–Crippen LogP) is 6.92. The van der Waals surface area contributed by atoms with E-state index in [2.05, 4.69) is 5.32 Å². The number of rotatable bonds is 8. The van der Waals surface area contributed by atoms with Crippen molar-refractivity contribution in [2.45, 2.75) is 20.8 Å². The van der Waals surface area contributed by atoms with Crippen molar-refractivity contribution in [2.24, 2.45) is 0 Å². The molecule has 4 aromatic rings. The van der Waals surface area contributed by atoms with Gasteiger partial charge >= 0.3 is 5.97 Å². The normalized spacial score (nSPS) is 10.2. The Morgan fingerprint density at radius 3 is 1.97 bits per heavy atom. The summed E-state index contributed by atoms with van der Waals surface area (Å²) < 4.78 is 22.0. The molecule has 2 N–H and O–H groups in total. The number of anilines is 1. The number of aryl methyl sites for hydroxylation is 1. The molecule has 0 bridgehead atoms. The Morgan fingerprint density at radius 2 is 1.45 bits per heavy atom. The first-order valence-corrected chi connectivity index (χ1v) is 12.0. The number of benzene rings is 3. The summed E-state index contributed by atoms with van der Waals surface area (Å²) >= 11 is 0. The van der Waals surface area contributed by atoms with E-state index in [1.807, 2.05) is 19.9 Å². The summed E-state index contributed by atoms with van der Waals surface area (Å²) in [5, 5.41) is 12.1. The summed E-state index contributed by atoms with van der Waals surface area (Å²) in [6.07, 6.45) is 0. The fraction of sp³-hybridized carbons (Fsp3) is 0.200. The highest BCUT2D eigenvalue weighted by atomic mass is 16.5. The molecule has 4 rings (SSSR count). The van der Waals surface area contributed by atoms with Crippen LogP contribution in [0.4, 0.5) is 5.69 Å². The van der Waals surface area contributed by atoms with Gasteiger partial charge in [0.2, 0.25) is 0 Å². The molecule has 0 atom stereocenters. The Kier molecular flexibility index (Phi) is 9.16. The van der Waals surface area contributed by atoms with Gasteiger partial charge in [0.05, 0.1) is 26.9 Å². The minimum atomic E-state index is -1.04. The molecule has 0 aliphatic heterocycles. The van der Waals surface area contributed by atoms with Crippen molar-refractivity contribution < 1.29 is 33.3 Å². The van der Waals surface area contributed by atoms with Gasteiger partial charge in [0.1, 0.15) is 34.3 Å². The lowest BCUT2D eigenvalue weighted by atomic mass is 10.00. The van der Waals surface area contributed by atoms with Crippen molar-refractivity contribution in [3.05, 3.63) is 83.6 Å². The second-order valence-corrected chi connectivity index (χ2v) is 7.90. The smallest absolute Gasteiger partial charge is 0.339 e. The standard InChI is InChI=1S/C28H25NO7.C2H6/c1-16-22(28(31)32)15-23(36-16)17-8-10-20(11-9-17)29-27(30)19-7-5-6-18(12-19)26-24(34-3)13-21(33-2)14-25(26)35-4;1-2/h5-15H,1-4H3,(H,29,30)(H,31,32);1-2H3. The van der Waals surface area contributed by atoms with Gasteiger partial charge in [-0.15, -0.1) is 0 Å². The van der Waals surface area contributed by atoms with E-state index in [0.717, 1.165) is 5.56 Å². The van der Waals surface area contributed by atoms with Gasteiger partial charge in [-0.2, -0.15) is 0 Å². The quantitative estimate of drug-likeness (QED) is 0.261. The topological polar surface area (TPSA) is 107 Å². The van der Waals surface area contributed by atoms with Crippen LogP contribution in [0.2, 0.25) is 0 Å². The zero-order chi connectivity index (χ0) is 27.8. The van der Waals surface area contributed by atoms with Crippen LogP contribution in [0, 0.1) is 6.92 Å². The van der Waals surface area contributed by atoms with E-state index in [1.165, 1.54) is 6.07 Å². The fourth-order valence-electron chi connectivity index (χ4n) is 3.86. The van der Waals surface area contributed by atoms with E-state index in [-0.39, 0.29) is 11.5 Å². The molecule has 0 fully saturated rings. The summed E-state index contributed by atoms with van der Waals surface area (Å²) in [7, 11) is 4.68. The zero-order valence-electron chi connectivity index (χ0n) is 22.2. The lowest BCUT2D eigenvalue weighted by Crippen LogP contribution is -2.11. The van der Waals surface area contributed by atoms with Crippen molar-refractivity contribution in [3.8, 4) is 39.7 Å². The Bertz CT molecular complexity index is 1400. The number of hydrogen-bond donors (Lipinski definition) is 2. The zero-order valence-corrected chi connectivity index (χ0v) is 22.2. The molecule has 0 spiro atoms. The van der Waals surface area contributed by atoms with Crippen LogP contribution in [0.1, 0.15) is 40.3 Å². The van der Waals surface area contributed by atoms with Gasteiger partial charge in [0.25, 0.3) is 5.91 Å². The molecule has 3 aromatic carbocycles. The van der Waals surface area contributed by atoms with Gasteiger partial charge in [0, 0.05) is 28.9 Å². The van der Waals surface area contributed by atoms with Crippen LogP contribution in [0.3, 0.4) is 0 Å². The van der Waals surface area contributed by atoms with Gasteiger partial charge in [-0.25, -0.2) is 4.79 Å². The van der Waals surface area contributed by atoms with Crippen LogP contribution >= 0.6 is 0 Å². The molecule has 8 heteroatoms. The monoisotopic (exact) mass is 517 g/mol. The third kappa shape index (κ3) is 5.98. The molecule has 0 saturated heterocycles. The van der Waals surface area contributed by atoms with E-state index in [4.69, 9.17) is 18.6 Å². The number of ether oxygens (including phenoxy) is 3. The molecular weight excluding hydrogens is 486 g/mol. The van der Waals surface area contributed by atoms with Crippen LogP contribution in [0.5, 0.6) is 17.2 Å². The second kappa shape index (κ2) is 12.5. The molecule has 198 valence electrons. The van der Waals surface area contributed by atoms with Gasteiger partial charge in [-0.05, 0) is 55.0 Å². The Morgan fingerprint density at radius 1 is 0.816 bits per heavy atom. The number of furan rings is 1. The highest BCUT2D eigenvalue weighted by Crippen LogP contribution is 2.42. The SMILES string of the molecule is CC.COc1cc(OC)c(-c2cccc(C(=O)Nc3ccc(-c4cc(C(=O)O)c(C)o4)cc3)c2)c(OC)c1. The first-order valence-electron chi connectivity index (χ1n) is 12.0. The molecule has 1 aromatic heterocycles. The Hall–Kier alpha value is -4.72. The van der Waals surface area contributed by atoms with Crippen molar-refractivity contribution >= 4 is 17.6 Å². The second-order valence-electron chi connectivity index (χ2n) is 7.90. The number of carboxylic acids is 1. The summed E-state index contributed by atoms with van der Waals surface area (Å²) in [6.45, 7) is 5.60. The van der Waals surface area contributed by atoms with Crippen LogP contribution in [0.15, 0.2) is 71.1 Å². The van der Waals surface area contributed by atoms with Gasteiger partial charge in [-0.3, -0.25) is 4.79 Å². The number of carbonyl (C=O) groups excluding carboxylic acids is 1. The summed E-state index contributed by atoms with van der Waals surface area (Å²) in [5.74, 6) is 1.14. The predicted molar refractivity (Wildman–Crippen MR) is 147 cm³/mol. The van der Waals surface area contributed by atoms with Crippen molar-refractivity contribution in [1.82, 2.24) is 0 Å². The Balaban J connectivity index is 0.00000195. The van der Waals surface area contributed by atoms with Crippen LogP contribution in [-0.4, -0.2) is 38.3 Å². The van der Waals surface area contributed by atoms with Crippen LogP contribution in [0.25, 0.3) is 22.5 Å². The molecule has 0 aliphatic carbocycles. The summed E-state index contributed by atoms with van der Waals surface area (Å²) in [6, 6.07) is 19.1. The minimum absolute atomic E-state index is 0.118. The van der Waals surface area contributed by atoms with Crippen molar-refractivity contribution in [2.75, 3.05) is 26.6 Å². The van der Waals surface area contributed by atoms with E-state index in [1.54, 1.807) is 82.9 Å². The third-order valence-electron chi connectivity index (χ3n) is 5.70. The maximum Gasteiger partial charge on any atom is 0.339 e. The number of carboxylic acid groups (broad SMARTS) is 1. The number of nitrogens with one attached hydrogen (secondary N) is 1. The first kappa shape index (κ1) is 27.9. The lowest BCUT2D eigenvalue weighted by Gasteiger charge is -2.16. The van der Waals surface area contributed by atoms with Crippen LogP contribution in [-0.2, 0) is 0 Å². The average Bonchev–Trinajstić information content (AvgIpc) is 3.35. The molecule has 0 saturated carbocycles. The largest absolute Gasteiger partial charge is 0.496 e. The summed E-state index contributed by atoms with van der Waals surface area (Å²) in [4.78, 5) is 24.3. The Labute approximate surface area is 221 Å². The van der Waals surface area contributed by atoms with Crippen molar-refractivity contribution in [1.29, 1.82) is 0 Å². The molecular formula is C30H31NO7. The average molecular weight is 518 g/mol. The highest BCUT2D eigenvalue weighted by molar-refractivity contribution is 6.05. The van der Waals surface area contributed by atoms with E-state index < -0.39 is 5.97 Å². The highest BCUT2D eigenvalue weighted by Gasteiger charge is 2.18. The van der Waals surface area contributed by atoms with Gasteiger partial charge in [-0.1, -0.05) is 26.0 Å². The molecule has 8 nitrogen and oxygen atoms in total. The number of amides is 1. The number of carbonyl (C=O) groups is 2. The van der Waals surface area contributed by atoms with E-state index in [9.17, 15) is 14.7 Å². The van der Waals surface area contributed by atoms with Gasteiger partial charge < -0.3 is 29.1 Å². The maximum atomic E-state index is 13.0. The third-order valence-corrected chi connectivity index (χ3v) is 5.70. The maximum absolute atomic E-state index is 13.0. The summed E-state index contributed by atoms with van der Waals surface area (Å²) in [5.41, 5.74) is 3.29. The van der Waals surface area contributed by atoms with E-state index >= 15 is 0 Å². The molecule has 0 unspecified atom stereocenters. The number of methoxy groups -OCH3 is 3. The van der Waals surface area contributed by atoms with Crippen LogP contribution < -0.4 is 19.5 Å². The number of aromatic carboxylic acids is 1. The fourth-order valence-corrected chi connectivity index (χ4v) is 3.86. The van der Waals surface area contributed by atoms with E-state index in [0.29, 0.717) is 51.1 Å². The number of hydrogen-bond acceptors (Lipinski definition) is 6. The molecule has 0 radical (unpaired) electrons. The molecule has 1 heterocycles. The molecule has 1 amide bonds. The molecule has 0 aliphatic rings.